The lowest BCUT2D eigenvalue weighted by molar-refractivity contribution is 0.0594. The number of hydrogen-bond acceptors (Lipinski definition) is 4. The lowest BCUT2D eigenvalue weighted by Crippen LogP contribution is -2.33. The molecule has 0 spiro atoms. The highest BCUT2D eigenvalue weighted by Gasteiger charge is 2.53. The first-order valence-corrected chi connectivity index (χ1v) is 8.08. The van der Waals surface area contributed by atoms with Gasteiger partial charge < -0.3 is 19.3 Å². The van der Waals surface area contributed by atoms with Crippen LogP contribution in [0.2, 0.25) is 0 Å². The summed E-state index contributed by atoms with van der Waals surface area (Å²) >= 11 is 0. The normalized spacial score (nSPS) is 35.1. The maximum atomic E-state index is 12.8. The average molecular weight is 299 g/mol. The predicted octanol–water partition coefficient (Wildman–Crippen LogP) is 0.154. The summed E-state index contributed by atoms with van der Waals surface area (Å²) in [6, 6.07) is 5.53. The number of rotatable bonds is 1. The molecular formula is C16H18BNO4. The highest BCUT2D eigenvalue weighted by Crippen LogP contribution is 2.47. The zero-order chi connectivity index (χ0) is 14.8. The number of ether oxygens (including phenoxy) is 1. The van der Waals surface area contributed by atoms with Gasteiger partial charge in [-0.2, -0.15) is 0 Å². The quantitative estimate of drug-likeness (QED) is 0.750. The van der Waals surface area contributed by atoms with Gasteiger partial charge in [0.1, 0.15) is 0 Å². The summed E-state index contributed by atoms with van der Waals surface area (Å²) < 4.78 is 11.2. The van der Waals surface area contributed by atoms with Crippen LogP contribution in [0, 0.1) is 11.8 Å². The van der Waals surface area contributed by atoms with E-state index in [1.807, 2.05) is 17.0 Å². The fourth-order valence-corrected chi connectivity index (χ4v) is 4.66. The first-order valence-electron chi connectivity index (χ1n) is 8.08. The minimum absolute atomic E-state index is 0.0655. The molecule has 2 bridgehead atoms. The Balaban J connectivity index is 1.39. The Morgan fingerprint density at radius 3 is 2.68 bits per heavy atom. The van der Waals surface area contributed by atoms with E-state index in [4.69, 9.17) is 9.39 Å². The zero-order valence-corrected chi connectivity index (χ0v) is 12.3. The van der Waals surface area contributed by atoms with Crippen LogP contribution in [0.15, 0.2) is 18.2 Å². The summed E-state index contributed by atoms with van der Waals surface area (Å²) in [5.74, 6) is 1.10. The van der Waals surface area contributed by atoms with Gasteiger partial charge in [0.05, 0.1) is 18.8 Å². The van der Waals surface area contributed by atoms with E-state index in [0.717, 1.165) is 37.0 Å². The van der Waals surface area contributed by atoms with Crippen LogP contribution in [0.4, 0.5) is 0 Å². The molecule has 0 aliphatic carbocycles. The molecule has 4 unspecified atom stereocenters. The van der Waals surface area contributed by atoms with Gasteiger partial charge in [0.2, 0.25) is 0 Å². The van der Waals surface area contributed by atoms with Crippen molar-refractivity contribution in [3.63, 3.8) is 0 Å². The van der Waals surface area contributed by atoms with Crippen LogP contribution in [0.5, 0.6) is 0 Å². The Labute approximate surface area is 129 Å². The third-order valence-corrected chi connectivity index (χ3v) is 5.80. The summed E-state index contributed by atoms with van der Waals surface area (Å²) in [6.07, 6.45) is 3.03. The van der Waals surface area contributed by atoms with E-state index in [1.165, 1.54) is 0 Å². The molecule has 1 N–H and O–H groups in total. The van der Waals surface area contributed by atoms with Crippen LogP contribution in [0.25, 0.3) is 0 Å². The van der Waals surface area contributed by atoms with Gasteiger partial charge in [0.15, 0.2) is 0 Å². The molecule has 4 atom stereocenters. The van der Waals surface area contributed by atoms with Gasteiger partial charge in [-0.05, 0) is 36.0 Å². The van der Waals surface area contributed by atoms with Crippen molar-refractivity contribution in [2.75, 3.05) is 13.1 Å². The van der Waals surface area contributed by atoms with Gasteiger partial charge in [-0.1, -0.05) is 6.07 Å². The molecule has 3 saturated heterocycles. The molecule has 5 nitrogen and oxygen atoms in total. The number of fused-ring (bicyclic) bond motifs is 6. The second-order valence-corrected chi connectivity index (χ2v) is 6.91. The predicted molar refractivity (Wildman–Crippen MR) is 79.6 cm³/mol. The van der Waals surface area contributed by atoms with Crippen LogP contribution >= 0.6 is 0 Å². The third kappa shape index (κ3) is 1.74. The maximum absolute atomic E-state index is 12.8. The molecule has 6 heteroatoms. The fourth-order valence-electron chi connectivity index (χ4n) is 4.66. The van der Waals surface area contributed by atoms with E-state index in [-0.39, 0.29) is 5.91 Å². The summed E-state index contributed by atoms with van der Waals surface area (Å²) in [5.41, 5.74) is 2.35. The van der Waals surface area contributed by atoms with E-state index in [1.54, 1.807) is 6.07 Å². The first kappa shape index (κ1) is 13.1. The van der Waals surface area contributed by atoms with Crippen molar-refractivity contribution in [3.8, 4) is 0 Å². The van der Waals surface area contributed by atoms with Crippen molar-refractivity contribution in [1.82, 2.24) is 4.90 Å². The van der Waals surface area contributed by atoms with E-state index in [2.05, 4.69) is 0 Å². The van der Waals surface area contributed by atoms with Crippen molar-refractivity contribution in [1.29, 1.82) is 0 Å². The number of carbonyl (C=O) groups excluding carboxylic acids is 1. The molecule has 0 radical (unpaired) electrons. The van der Waals surface area contributed by atoms with Crippen LogP contribution < -0.4 is 5.46 Å². The van der Waals surface area contributed by atoms with E-state index < -0.39 is 7.12 Å². The molecule has 4 heterocycles. The molecule has 22 heavy (non-hydrogen) atoms. The van der Waals surface area contributed by atoms with Crippen LogP contribution in [-0.2, 0) is 16.0 Å². The van der Waals surface area contributed by atoms with Crippen LogP contribution in [-0.4, -0.2) is 48.2 Å². The molecule has 3 fully saturated rings. The van der Waals surface area contributed by atoms with Gasteiger partial charge in [-0.25, -0.2) is 0 Å². The smallest absolute Gasteiger partial charge is 0.423 e. The van der Waals surface area contributed by atoms with Gasteiger partial charge >= 0.3 is 7.12 Å². The Morgan fingerprint density at radius 2 is 1.95 bits per heavy atom. The van der Waals surface area contributed by atoms with Crippen LogP contribution in [0.1, 0.15) is 28.8 Å². The highest BCUT2D eigenvalue weighted by molar-refractivity contribution is 6.61. The Kier molecular flexibility index (Phi) is 2.72. The summed E-state index contributed by atoms with van der Waals surface area (Å²) in [5, 5.41) is 9.80. The minimum atomic E-state index is -0.898. The number of hydrogen-bond donors (Lipinski definition) is 1. The minimum Gasteiger partial charge on any atom is -0.423 e. The van der Waals surface area contributed by atoms with Crippen molar-refractivity contribution >= 4 is 18.5 Å². The third-order valence-electron chi connectivity index (χ3n) is 5.80. The van der Waals surface area contributed by atoms with Crippen molar-refractivity contribution in [2.24, 2.45) is 11.8 Å². The van der Waals surface area contributed by atoms with E-state index in [0.29, 0.717) is 36.2 Å². The Hall–Kier alpha value is -1.37. The summed E-state index contributed by atoms with van der Waals surface area (Å²) in [4.78, 5) is 14.7. The van der Waals surface area contributed by atoms with Gasteiger partial charge in [0, 0.05) is 30.5 Å². The molecule has 1 aromatic rings. The molecule has 1 aromatic carbocycles. The molecule has 4 aliphatic heterocycles. The van der Waals surface area contributed by atoms with E-state index in [9.17, 15) is 9.82 Å². The molecular weight excluding hydrogens is 281 g/mol. The van der Waals surface area contributed by atoms with Crippen molar-refractivity contribution in [3.05, 3.63) is 29.3 Å². The molecule has 4 aliphatic rings. The number of likely N-dealkylation sites (tertiary alicyclic amines) is 1. The Bertz CT molecular complexity index is 633. The van der Waals surface area contributed by atoms with Gasteiger partial charge in [0.25, 0.3) is 5.91 Å². The standard InChI is InChI=1S/C16H18BNO4/c19-16(9-1-2-10-8-21-17(20)13(10)5-9)18-6-11-12(7-18)15-4-3-14(11)22-15/h1-2,5,11-12,14-15,20H,3-4,6-8H2. The molecule has 114 valence electrons. The monoisotopic (exact) mass is 299 g/mol. The largest absolute Gasteiger partial charge is 0.491 e. The average Bonchev–Trinajstić information content (AvgIpc) is 3.27. The second-order valence-electron chi connectivity index (χ2n) is 6.91. The highest BCUT2D eigenvalue weighted by atomic mass is 16.5. The van der Waals surface area contributed by atoms with E-state index >= 15 is 0 Å². The number of benzene rings is 1. The van der Waals surface area contributed by atoms with Gasteiger partial charge in [-0.3, -0.25) is 4.79 Å². The fraction of sp³-hybridized carbons (Fsp3) is 0.562. The number of amides is 1. The second kappa shape index (κ2) is 4.57. The molecule has 0 aromatic heterocycles. The summed E-state index contributed by atoms with van der Waals surface area (Å²) in [6.45, 7) is 2.03. The Morgan fingerprint density at radius 1 is 1.23 bits per heavy atom. The van der Waals surface area contributed by atoms with Crippen molar-refractivity contribution < 1.29 is 19.2 Å². The maximum Gasteiger partial charge on any atom is 0.491 e. The lowest BCUT2D eigenvalue weighted by Gasteiger charge is -2.19. The van der Waals surface area contributed by atoms with Gasteiger partial charge in [-0.15, -0.1) is 0 Å². The topological polar surface area (TPSA) is 59.0 Å². The molecule has 1 amide bonds. The molecule has 5 rings (SSSR count). The number of nitrogens with zero attached hydrogens (tertiary/aromatic N) is 1. The SMILES string of the molecule is O=C(c1ccc2c(c1)B(O)OC2)N1CC2C3CCC(O3)C2C1. The molecule has 0 saturated carbocycles. The lowest BCUT2D eigenvalue weighted by atomic mass is 9.78. The van der Waals surface area contributed by atoms with Crippen LogP contribution in [0.3, 0.4) is 0 Å². The number of carbonyl (C=O) groups is 1. The first-order chi connectivity index (χ1) is 10.7. The zero-order valence-electron chi connectivity index (χ0n) is 12.3. The van der Waals surface area contributed by atoms with Crippen molar-refractivity contribution in [2.45, 2.75) is 31.7 Å². The summed E-state index contributed by atoms with van der Waals surface area (Å²) in [7, 11) is -0.898.